The zero-order valence-electron chi connectivity index (χ0n) is 17.1. The number of benzene rings is 1. The first-order chi connectivity index (χ1) is 14.5. The molecule has 0 saturated heterocycles. The van der Waals surface area contributed by atoms with Crippen molar-refractivity contribution in [1.29, 1.82) is 0 Å². The van der Waals surface area contributed by atoms with Gasteiger partial charge in [-0.15, -0.1) is 0 Å². The number of furan rings is 1. The van der Waals surface area contributed by atoms with E-state index in [4.69, 9.17) is 14.4 Å². The SMILES string of the molecule is COC(=O)[C@H](Cc1ccc(-c2ccoc2)cc1)NC(=O)CCCCCCC(=O)NO. The highest BCUT2D eigenvalue weighted by atomic mass is 16.5. The molecule has 162 valence electrons. The summed E-state index contributed by atoms with van der Waals surface area (Å²) in [4.78, 5) is 35.3. The Balaban J connectivity index is 1.80. The van der Waals surface area contributed by atoms with Crippen molar-refractivity contribution in [2.75, 3.05) is 7.11 Å². The molecule has 2 aromatic rings. The molecule has 1 aromatic heterocycles. The van der Waals surface area contributed by atoms with Crippen LogP contribution in [0.5, 0.6) is 0 Å². The number of hydrogen-bond acceptors (Lipinski definition) is 6. The minimum Gasteiger partial charge on any atom is -0.472 e. The maximum absolute atomic E-state index is 12.2. The Bertz CT molecular complexity index is 802. The van der Waals surface area contributed by atoms with E-state index in [9.17, 15) is 14.4 Å². The van der Waals surface area contributed by atoms with Gasteiger partial charge in [0.25, 0.3) is 0 Å². The van der Waals surface area contributed by atoms with Crippen LogP contribution in [-0.2, 0) is 25.5 Å². The van der Waals surface area contributed by atoms with Gasteiger partial charge in [-0.1, -0.05) is 37.1 Å². The summed E-state index contributed by atoms with van der Waals surface area (Å²) in [5, 5.41) is 11.2. The van der Waals surface area contributed by atoms with Crippen LogP contribution >= 0.6 is 0 Å². The van der Waals surface area contributed by atoms with Crippen LogP contribution in [0.1, 0.15) is 44.1 Å². The van der Waals surface area contributed by atoms with Crippen LogP contribution in [0, 0.1) is 0 Å². The second-order valence-electron chi connectivity index (χ2n) is 7.01. The van der Waals surface area contributed by atoms with Crippen molar-refractivity contribution in [2.45, 2.75) is 51.0 Å². The number of amides is 2. The molecule has 2 rings (SSSR count). The molecule has 0 bridgehead atoms. The van der Waals surface area contributed by atoms with Crippen molar-refractivity contribution in [3.8, 4) is 11.1 Å². The molecular weight excluding hydrogens is 388 g/mol. The Labute approximate surface area is 175 Å². The lowest BCUT2D eigenvalue weighted by atomic mass is 10.0. The second-order valence-corrected chi connectivity index (χ2v) is 7.01. The van der Waals surface area contributed by atoms with Gasteiger partial charge in [0.05, 0.1) is 19.6 Å². The molecule has 30 heavy (non-hydrogen) atoms. The number of hydrogen-bond donors (Lipinski definition) is 3. The summed E-state index contributed by atoms with van der Waals surface area (Å²) in [5.74, 6) is -1.11. The zero-order valence-corrected chi connectivity index (χ0v) is 17.1. The number of unbranched alkanes of at least 4 members (excludes halogenated alkanes) is 3. The molecule has 0 spiro atoms. The highest BCUT2D eigenvalue weighted by Crippen LogP contribution is 2.20. The van der Waals surface area contributed by atoms with Crippen LogP contribution in [0.15, 0.2) is 47.3 Å². The Hall–Kier alpha value is -3.13. The van der Waals surface area contributed by atoms with Crippen molar-refractivity contribution in [3.63, 3.8) is 0 Å². The zero-order chi connectivity index (χ0) is 21.8. The van der Waals surface area contributed by atoms with Gasteiger partial charge in [0, 0.05) is 24.8 Å². The van der Waals surface area contributed by atoms with Crippen molar-refractivity contribution < 1.29 is 28.7 Å². The van der Waals surface area contributed by atoms with E-state index in [2.05, 4.69) is 5.32 Å². The van der Waals surface area contributed by atoms with Crippen LogP contribution in [0.4, 0.5) is 0 Å². The minimum atomic E-state index is -0.754. The van der Waals surface area contributed by atoms with E-state index in [-0.39, 0.29) is 12.3 Å². The van der Waals surface area contributed by atoms with E-state index in [1.807, 2.05) is 30.3 Å². The molecule has 2 amide bonds. The fourth-order valence-electron chi connectivity index (χ4n) is 3.08. The smallest absolute Gasteiger partial charge is 0.328 e. The second kappa shape index (κ2) is 12.4. The number of nitrogens with one attached hydrogen (secondary N) is 2. The quantitative estimate of drug-likeness (QED) is 0.212. The third-order valence-corrected chi connectivity index (χ3v) is 4.75. The van der Waals surface area contributed by atoms with E-state index in [0.717, 1.165) is 29.5 Å². The molecule has 1 atom stereocenters. The number of rotatable bonds is 12. The molecule has 0 radical (unpaired) electrons. The van der Waals surface area contributed by atoms with Crippen molar-refractivity contribution in [1.82, 2.24) is 10.8 Å². The van der Waals surface area contributed by atoms with Gasteiger partial charge >= 0.3 is 5.97 Å². The predicted molar refractivity (Wildman–Crippen MR) is 109 cm³/mol. The van der Waals surface area contributed by atoms with Gasteiger partial charge in [0.1, 0.15) is 6.04 Å². The van der Waals surface area contributed by atoms with Crippen LogP contribution in [0.3, 0.4) is 0 Å². The van der Waals surface area contributed by atoms with E-state index in [0.29, 0.717) is 25.7 Å². The van der Waals surface area contributed by atoms with E-state index < -0.39 is 17.9 Å². The minimum absolute atomic E-state index is 0.214. The van der Waals surface area contributed by atoms with Crippen molar-refractivity contribution in [3.05, 3.63) is 48.4 Å². The first-order valence-electron chi connectivity index (χ1n) is 9.95. The molecule has 8 nitrogen and oxygen atoms in total. The Morgan fingerprint density at radius 3 is 2.20 bits per heavy atom. The molecule has 1 heterocycles. The summed E-state index contributed by atoms with van der Waals surface area (Å²) in [6.45, 7) is 0. The molecule has 0 aliphatic heterocycles. The lowest BCUT2D eigenvalue weighted by molar-refractivity contribution is -0.145. The van der Waals surface area contributed by atoms with Gasteiger partial charge in [-0.05, 0) is 30.0 Å². The van der Waals surface area contributed by atoms with Crippen LogP contribution in [0.25, 0.3) is 11.1 Å². The predicted octanol–water partition coefficient (Wildman–Crippen LogP) is 2.99. The van der Waals surface area contributed by atoms with Gasteiger partial charge in [-0.2, -0.15) is 0 Å². The third kappa shape index (κ3) is 7.71. The highest BCUT2D eigenvalue weighted by molar-refractivity contribution is 5.84. The van der Waals surface area contributed by atoms with E-state index in [1.54, 1.807) is 18.0 Å². The number of esters is 1. The number of carbonyl (C=O) groups excluding carboxylic acids is 3. The standard InChI is InChI=1S/C22H28N2O6/c1-29-22(27)19(23-20(25)6-4-2-3-5-7-21(26)24-28)14-16-8-10-17(11-9-16)18-12-13-30-15-18/h8-13,15,19,28H,2-7,14H2,1H3,(H,23,25)(H,24,26)/t19-/m0/s1. The topological polar surface area (TPSA) is 118 Å². The van der Waals surface area contributed by atoms with Crippen LogP contribution in [0.2, 0.25) is 0 Å². The van der Waals surface area contributed by atoms with E-state index >= 15 is 0 Å². The molecule has 0 aliphatic rings. The van der Waals surface area contributed by atoms with Crippen LogP contribution in [-0.4, -0.2) is 36.1 Å². The lowest BCUT2D eigenvalue weighted by Crippen LogP contribution is -2.43. The summed E-state index contributed by atoms with van der Waals surface area (Å²) in [6.07, 6.45) is 7.01. The highest BCUT2D eigenvalue weighted by Gasteiger charge is 2.21. The summed E-state index contributed by atoms with van der Waals surface area (Å²) >= 11 is 0. The molecule has 0 fully saturated rings. The van der Waals surface area contributed by atoms with Crippen LogP contribution < -0.4 is 10.8 Å². The molecule has 1 aromatic carbocycles. The Kier molecular flexibility index (Phi) is 9.60. The van der Waals surface area contributed by atoms with Gasteiger partial charge < -0.3 is 14.5 Å². The van der Waals surface area contributed by atoms with Gasteiger partial charge in [0.15, 0.2) is 0 Å². The van der Waals surface area contributed by atoms with Gasteiger partial charge in [-0.25, -0.2) is 10.3 Å². The fraction of sp³-hybridized carbons (Fsp3) is 0.409. The third-order valence-electron chi connectivity index (χ3n) is 4.75. The summed E-state index contributed by atoms with van der Waals surface area (Å²) < 4.78 is 9.92. The molecule has 0 unspecified atom stereocenters. The number of hydroxylamine groups is 1. The summed E-state index contributed by atoms with van der Waals surface area (Å²) in [7, 11) is 1.30. The molecule has 8 heteroatoms. The maximum atomic E-state index is 12.2. The molecular formula is C22H28N2O6. The number of ether oxygens (including phenoxy) is 1. The number of carbonyl (C=O) groups is 3. The normalized spacial score (nSPS) is 11.5. The Morgan fingerprint density at radius 1 is 0.967 bits per heavy atom. The summed E-state index contributed by atoms with van der Waals surface area (Å²) in [6, 6.07) is 8.81. The molecule has 3 N–H and O–H groups in total. The van der Waals surface area contributed by atoms with Crippen molar-refractivity contribution >= 4 is 17.8 Å². The van der Waals surface area contributed by atoms with Crippen molar-refractivity contribution in [2.24, 2.45) is 0 Å². The lowest BCUT2D eigenvalue weighted by Gasteiger charge is -2.17. The molecule has 0 saturated carbocycles. The van der Waals surface area contributed by atoms with E-state index in [1.165, 1.54) is 7.11 Å². The molecule has 0 aliphatic carbocycles. The number of methoxy groups -OCH3 is 1. The van der Waals surface area contributed by atoms with Gasteiger partial charge in [-0.3, -0.25) is 14.8 Å². The maximum Gasteiger partial charge on any atom is 0.328 e. The Morgan fingerprint density at radius 2 is 1.63 bits per heavy atom. The largest absolute Gasteiger partial charge is 0.472 e. The average Bonchev–Trinajstić information content (AvgIpc) is 3.30. The fourth-order valence-corrected chi connectivity index (χ4v) is 3.08. The first kappa shape index (κ1) is 23.2. The first-order valence-corrected chi connectivity index (χ1v) is 9.95. The summed E-state index contributed by atoms with van der Waals surface area (Å²) in [5.41, 5.74) is 4.46. The monoisotopic (exact) mass is 416 g/mol. The van der Waals surface area contributed by atoms with Gasteiger partial charge in [0.2, 0.25) is 11.8 Å². The average molecular weight is 416 g/mol.